The van der Waals surface area contributed by atoms with Crippen LogP contribution in [0.25, 0.3) is 0 Å². The normalized spacial score (nSPS) is 21.8. The van der Waals surface area contributed by atoms with Crippen LogP contribution in [0.2, 0.25) is 0 Å². The summed E-state index contributed by atoms with van der Waals surface area (Å²) in [6.45, 7) is 0.339. The number of nitrogens with zero attached hydrogens (tertiary/aromatic N) is 2. The van der Waals surface area contributed by atoms with Crippen LogP contribution in [-0.2, 0) is 28.0 Å². The highest BCUT2D eigenvalue weighted by Crippen LogP contribution is 2.52. The lowest BCUT2D eigenvalue weighted by Crippen LogP contribution is -2.46. The van der Waals surface area contributed by atoms with Gasteiger partial charge in [0.05, 0.1) is 23.6 Å². The van der Waals surface area contributed by atoms with Gasteiger partial charge < -0.3 is 4.90 Å². The Bertz CT molecular complexity index is 1260. The molecule has 0 spiro atoms. The summed E-state index contributed by atoms with van der Waals surface area (Å²) >= 11 is 0. The van der Waals surface area contributed by atoms with E-state index in [1.807, 2.05) is 36.4 Å². The van der Waals surface area contributed by atoms with E-state index in [1.54, 1.807) is 29.2 Å². The lowest BCUT2D eigenvalue weighted by molar-refractivity contribution is -0.125. The molecule has 1 aliphatic heterocycles. The summed E-state index contributed by atoms with van der Waals surface area (Å²) in [5, 5.41) is 9.16. The molecule has 2 atom stereocenters. The standard InChI is InChI=1S/C28H23FN2O2/c29-23-12-9-21(10-13-23)18-31-26-4-2-1-3-25(26)28(27(31)33,22-11-14-24(32)15-22)16-19-5-7-20(17-30)8-6-19/h1-10,12-13,22H,11,14-16,18H2/t22-,28-/m0/s1. The molecular weight excluding hydrogens is 415 g/mol. The van der Waals surface area contributed by atoms with Crippen LogP contribution < -0.4 is 4.90 Å². The highest BCUT2D eigenvalue weighted by Gasteiger charge is 2.56. The quantitative estimate of drug-likeness (QED) is 0.557. The zero-order valence-electron chi connectivity index (χ0n) is 18.1. The second-order valence-corrected chi connectivity index (χ2v) is 8.97. The number of ketones is 1. The molecule has 0 bridgehead atoms. The van der Waals surface area contributed by atoms with Crippen LogP contribution in [0, 0.1) is 23.1 Å². The first-order valence-electron chi connectivity index (χ1n) is 11.2. The van der Waals surface area contributed by atoms with Crippen LogP contribution in [0.1, 0.15) is 41.5 Å². The summed E-state index contributed by atoms with van der Waals surface area (Å²) in [7, 11) is 0. The van der Waals surface area contributed by atoms with Gasteiger partial charge in [-0.1, -0.05) is 42.5 Å². The highest BCUT2D eigenvalue weighted by atomic mass is 19.1. The van der Waals surface area contributed by atoms with Gasteiger partial charge >= 0.3 is 0 Å². The van der Waals surface area contributed by atoms with Gasteiger partial charge in [-0.3, -0.25) is 9.59 Å². The highest BCUT2D eigenvalue weighted by molar-refractivity contribution is 6.09. The number of carbonyl (C=O) groups excluding carboxylic acids is 2. The molecule has 2 aliphatic rings. The average molecular weight is 439 g/mol. The third-order valence-electron chi connectivity index (χ3n) is 7.06. The van der Waals surface area contributed by atoms with E-state index in [4.69, 9.17) is 5.26 Å². The Kier molecular flexibility index (Phi) is 5.30. The Morgan fingerprint density at radius 1 is 0.970 bits per heavy atom. The summed E-state index contributed by atoms with van der Waals surface area (Å²) in [6, 6.07) is 23.5. The van der Waals surface area contributed by atoms with Crippen molar-refractivity contribution in [1.29, 1.82) is 5.26 Å². The van der Waals surface area contributed by atoms with Crippen molar-refractivity contribution in [3.63, 3.8) is 0 Å². The maximum absolute atomic E-state index is 14.3. The first kappa shape index (κ1) is 21.1. The van der Waals surface area contributed by atoms with Gasteiger partial charge in [0.1, 0.15) is 11.6 Å². The van der Waals surface area contributed by atoms with Gasteiger partial charge in [0, 0.05) is 18.5 Å². The Balaban J connectivity index is 1.61. The van der Waals surface area contributed by atoms with Crippen molar-refractivity contribution in [2.24, 2.45) is 5.92 Å². The average Bonchev–Trinajstić information content (AvgIpc) is 3.37. The minimum Gasteiger partial charge on any atom is -0.307 e. The summed E-state index contributed by atoms with van der Waals surface area (Å²) in [5.74, 6) is -0.224. The summed E-state index contributed by atoms with van der Waals surface area (Å²) < 4.78 is 13.4. The van der Waals surface area contributed by atoms with Gasteiger partial charge in [0.2, 0.25) is 5.91 Å². The van der Waals surface area contributed by atoms with E-state index >= 15 is 0 Å². The molecule has 1 heterocycles. The molecule has 3 aromatic rings. The molecular formula is C28H23FN2O2. The fourth-order valence-corrected chi connectivity index (χ4v) is 5.44. The number of fused-ring (bicyclic) bond motifs is 1. The molecule has 1 aliphatic carbocycles. The van der Waals surface area contributed by atoms with Gasteiger partial charge in [-0.15, -0.1) is 0 Å². The fourth-order valence-electron chi connectivity index (χ4n) is 5.44. The number of Topliss-reactive ketones (excluding diaryl/α,β-unsaturated/α-hetero) is 1. The maximum atomic E-state index is 14.3. The van der Waals surface area contributed by atoms with Crippen LogP contribution in [0.4, 0.5) is 10.1 Å². The number of halogens is 1. The van der Waals surface area contributed by atoms with Crippen LogP contribution in [0.15, 0.2) is 72.8 Å². The Hall–Kier alpha value is -3.78. The number of anilines is 1. The number of amides is 1. The number of nitriles is 1. The molecule has 0 unspecified atom stereocenters. The van der Waals surface area contributed by atoms with Crippen molar-refractivity contribution < 1.29 is 14.0 Å². The molecule has 33 heavy (non-hydrogen) atoms. The largest absolute Gasteiger partial charge is 0.307 e. The van der Waals surface area contributed by atoms with Crippen LogP contribution in [0.3, 0.4) is 0 Å². The summed E-state index contributed by atoms with van der Waals surface area (Å²) in [5.41, 5.74) is 3.31. The molecule has 5 heteroatoms. The fraction of sp³-hybridized carbons (Fsp3) is 0.250. The third kappa shape index (κ3) is 3.62. The van der Waals surface area contributed by atoms with Crippen molar-refractivity contribution in [3.8, 4) is 6.07 Å². The SMILES string of the molecule is N#Cc1ccc(C[C@@]2([C@H]3CCC(=O)C3)C(=O)N(Cc3ccc(F)cc3)c3ccccc32)cc1. The van der Waals surface area contributed by atoms with E-state index in [-0.39, 0.29) is 23.4 Å². The van der Waals surface area contributed by atoms with Crippen molar-refractivity contribution in [2.75, 3.05) is 4.90 Å². The molecule has 0 aromatic heterocycles. The van der Waals surface area contributed by atoms with Crippen molar-refractivity contribution in [3.05, 3.63) is 101 Å². The second kappa shape index (κ2) is 8.29. The summed E-state index contributed by atoms with van der Waals surface area (Å²) in [4.78, 5) is 28.4. The van der Waals surface area contributed by atoms with Crippen LogP contribution >= 0.6 is 0 Å². The zero-order valence-corrected chi connectivity index (χ0v) is 18.1. The molecule has 0 radical (unpaired) electrons. The van der Waals surface area contributed by atoms with E-state index < -0.39 is 5.41 Å². The van der Waals surface area contributed by atoms with Crippen LogP contribution in [0.5, 0.6) is 0 Å². The second-order valence-electron chi connectivity index (χ2n) is 8.97. The first-order valence-corrected chi connectivity index (χ1v) is 11.2. The van der Waals surface area contributed by atoms with E-state index in [0.717, 1.165) is 22.4 Å². The number of benzene rings is 3. The van der Waals surface area contributed by atoms with E-state index in [0.29, 0.717) is 37.8 Å². The number of hydrogen-bond donors (Lipinski definition) is 0. The van der Waals surface area contributed by atoms with Crippen molar-refractivity contribution in [2.45, 2.75) is 37.6 Å². The molecule has 1 fully saturated rings. The summed E-state index contributed by atoms with van der Waals surface area (Å²) in [6.07, 6.45) is 2.03. The predicted molar refractivity (Wildman–Crippen MR) is 123 cm³/mol. The lowest BCUT2D eigenvalue weighted by atomic mass is 9.66. The molecule has 5 rings (SSSR count). The number of rotatable bonds is 5. The van der Waals surface area contributed by atoms with E-state index in [1.165, 1.54) is 12.1 Å². The minimum atomic E-state index is -0.850. The van der Waals surface area contributed by atoms with Crippen molar-refractivity contribution in [1.82, 2.24) is 0 Å². The molecule has 4 nitrogen and oxygen atoms in total. The molecule has 3 aromatic carbocycles. The van der Waals surface area contributed by atoms with Crippen LogP contribution in [-0.4, -0.2) is 11.7 Å². The number of carbonyl (C=O) groups is 2. The molecule has 0 saturated heterocycles. The Labute approximate surface area is 192 Å². The maximum Gasteiger partial charge on any atom is 0.238 e. The predicted octanol–water partition coefficient (Wildman–Crippen LogP) is 5.09. The van der Waals surface area contributed by atoms with Crippen molar-refractivity contribution >= 4 is 17.4 Å². The lowest BCUT2D eigenvalue weighted by Gasteiger charge is -2.34. The number of para-hydroxylation sites is 1. The van der Waals surface area contributed by atoms with E-state index in [2.05, 4.69) is 6.07 Å². The van der Waals surface area contributed by atoms with Gasteiger partial charge in [-0.05, 0) is 65.8 Å². The molecule has 0 N–H and O–H groups in total. The zero-order chi connectivity index (χ0) is 23.0. The molecule has 1 saturated carbocycles. The van der Waals surface area contributed by atoms with Gasteiger partial charge in [0.25, 0.3) is 0 Å². The third-order valence-corrected chi connectivity index (χ3v) is 7.06. The Morgan fingerprint density at radius 2 is 1.67 bits per heavy atom. The molecule has 1 amide bonds. The number of hydrogen-bond acceptors (Lipinski definition) is 3. The smallest absolute Gasteiger partial charge is 0.238 e. The first-order chi connectivity index (χ1) is 16.0. The van der Waals surface area contributed by atoms with Gasteiger partial charge in [0.15, 0.2) is 0 Å². The minimum absolute atomic E-state index is 0.0166. The Morgan fingerprint density at radius 3 is 2.33 bits per heavy atom. The monoisotopic (exact) mass is 438 g/mol. The van der Waals surface area contributed by atoms with Gasteiger partial charge in [-0.2, -0.15) is 5.26 Å². The van der Waals surface area contributed by atoms with E-state index in [9.17, 15) is 14.0 Å². The topological polar surface area (TPSA) is 61.2 Å². The van der Waals surface area contributed by atoms with Gasteiger partial charge in [-0.25, -0.2) is 4.39 Å². The molecule has 164 valence electrons.